The Labute approximate surface area is 159 Å². The van der Waals surface area contributed by atoms with Gasteiger partial charge in [0.2, 0.25) is 5.91 Å². The Bertz CT molecular complexity index is 1010. The molecule has 1 aliphatic rings. The first kappa shape index (κ1) is 17.9. The second kappa shape index (κ2) is 7.26. The van der Waals surface area contributed by atoms with E-state index >= 15 is 0 Å². The number of carbonyl (C=O) groups excluding carboxylic acids is 2. The number of carbonyl (C=O) groups is 2. The summed E-state index contributed by atoms with van der Waals surface area (Å²) in [4.78, 5) is 26.2. The number of nitrogens with one attached hydrogen (secondary N) is 1. The van der Waals surface area contributed by atoms with Crippen LogP contribution >= 0.6 is 0 Å². The van der Waals surface area contributed by atoms with Crippen LogP contribution in [0.2, 0.25) is 0 Å². The Morgan fingerprint density at radius 3 is 2.86 bits per heavy atom. The van der Waals surface area contributed by atoms with Gasteiger partial charge in [-0.15, -0.1) is 0 Å². The zero-order valence-corrected chi connectivity index (χ0v) is 15.1. The number of nitrogens with zero attached hydrogens (tertiary/aromatic N) is 4. The summed E-state index contributed by atoms with van der Waals surface area (Å²) in [6.45, 7) is 3.00. The van der Waals surface area contributed by atoms with Crippen molar-refractivity contribution in [2.75, 3.05) is 11.4 Å². The predicted molar refractivity (Wildman–Crippen MR) is 98.0 cm³/mol. The highest BCUT2D eigenvalue weighted by molar-refractivity contribution is 5.98. The van der Waals surface area contributed by atoms with E-state index in [1.165, 1.54) is 29.2 Å². The van der Waals surface area contributed by atoms with Crippen LogP contribution in [0.4, 0.5) is 10.1 Å². The van der Waals surface area contributed by atoms with Gasteiger partial charge in [-0.25, -0.2) is 4.39 Å². The number of hydrogen-bond donors (Lipinski definition) is 1. The molecule has 0 unspecified atom stereocenters. The van der Waals surface area contributed by atoms with Crippen molar-refractivity contribution >= 4 is 17.5 Å². The first-order chi connectivity index (χ1) is 13.5. The van der Waals surface area contributed by atoms with Crippen LogP contribution in [0.15, 0.2) is 47.2 Å². The largest absolute Gasteiger partial charge is 0.355 e. The van der Waals surface area contributed by atoms with Gasteiger partial charge in [0.1, 0.15) is 5.82 Å². The SMILES string of the molecule is CCn1cc(-c2cc(C(=O)N[C@H]3CC(=O)N(c4ccc(F)cc4)C3)no2)cn1. The minimum Gasteiger partial charge on any atom is -0.355 e. The van der Waals surface area contributed by atoms with Crippen LogP contribution < -0.4 is 10.2 Å². The standard InChI is InChI=1S/C19H18FN5O3/c1-2-24-10-12(9-21-24)17-8-16(23-28-17)19(27)22-14-7-18(26)25(11-14)15-5-3-13(20)4-6-15/h3-6,8-10,14H,2,7,11H2,1H3,(H,22,27)/t14-/m0/s1. The first-order valence-electron chi connectivity index (χ1n) is 8.90. The summed E-state index contributed by atoms with van der Waals surface area (Å²) < 4.78 is 20.1. The van der Waals surface area contributed by atoms with Crippen LogP contribution in [0.5, 0.6) is 0 Å². The lowest BCUT2D eigenvalue weighted by Gasteiger charge is -2.16. The normalized spacial score (nSPS) is 16.6. The Hall–Kier alpha value is -3.49. The van der Waals surface area contributed by atoms with Crippen molar-refractivity contribution in [2.24, 2.45) is 0 Å². The van der Waals surface area contributed by atoms with Crippen LogP contribution in [0.3, 0.4) is 0 Å². The van der Waals surface area contributed by atoms with E-state index < -0.39 is 5.91 Å². The van der Waals surface area contributed by atoms with Crippen LogP contribution in [0, 0.1) is 5.82 Å². The first-order valence-corrected chi connectivity index (χ1v) is 8.90. The Morgan fingerprint density at radius 2 is 2.14 bits per heavy atom. The minimum absolute atomic E-state index is 0.131. The highest BCUT2D eigenvalue weighted by Gasteiger charge is 2.32. The summed E-state index contributed by atoms with van der Waals surface area (Å²) in [6, 6.07) is 6.85. The summed E-state index contributed by atoms with van der Waals surface area (Å²) in [7, 11) is 0. The lowest BCUT2D eigenvalue weighted by molar-refractivity contribution is -0.117. The molecule has 2 aromatic heterocycles. The highest BCUT2D eigenvalue weighted by Crippen LogP contribution is 2.23. The number of halogens is 1. The average molecular weight is 383 g/mol. The summed E-state index contributed by atoms with van der Waals surface area (Å²) >= 11 is 0. The van der Waals surface area contributed by atoms with E-state index in [1.807, 2.05) is 6.92 Å². The number of benzene rings is 1. The molecule has 8 nitrogen and oxygen atoms in total. The Kier molecular flexibility index (Phi) is 4.64. The van der Waals surface area contributed by atoms with Crippen LogP contribution in [0.25, 0.3) is 11.3 Å². The summed E-state index contributed by atoms with van der Waals surface area (Å²) in [5.41, 5.74) is 1.46. The molecule has 1 saturated heterocycles. The maximum absolute atomic E-state index is 13.1. The van der Waals surface area contributed by atoms with E-state index in [4.69, 9.17) is 4.52 Å². The molecule has 1 aromatic carbocycles. The number of aryl methyl sites for hydroxylation is 1. The zero-order chi connectivity index (χ0) is 19.7. The van der Waals surface area contributed by atoms with Gasteiger partial charge in [-0.05, 0) is 31.2 Å². The molecule has 3 heterocycles. The lowest BCUT2D eigenvalue weighted by Crippen LogP contribution is -2.37. The highest BCUT2D eigenvalue weighted by atomic mass is 19.1. The third-order valence-electron chi connectivity index (χ3n) is 4.58. The molecule has 2 amide bonds. The van der Waals surface area contributed by atoms with E-state index in [0.717, 1.165) is 12.1 Å². The summed E-state index contributed by atoms with van der Waals surface area (Å²) in [5, 5.41) is 10.8. The number of anilines is 1. The molecule has 1 N–H and O–H groups in total. The van der Waals surface area contributed by atoms with Crippen molar-refractivity contribution in [1.29, 1.82) is 0 Å². The molecule has 0 spiro atoms. The molecular formula is C19H18FN5O3. The van der Waals surface area contributed by atoms with Crippen molar-refractivity contribution in [3.8, 4) is 11.3 Å². The average Bonchev–Trinajstić information content (AvgIpc) is 3.41. The fourth-order valence-corrected chi connectivity index (χ4v) is 3.12. The fraction of sp³-hybridized carbons (Fsp3) is 0.263. The van der Waals surface area contributed by atoms with E-state index in [9.17, 15) is 14.0 Å². The molecule has 1 aliphatic heterocycles. The van der Waals surface area contributed by atoms with Crippen molar-refractivity contribution in [3.63, 3.8) is 0 Å². The topological polar surface area (TPSA) is 93.3 Å². The van der Waals surface area contributed by atoms with Gasteiger partial charge in [0.15, 0.2) is 11.5 Å². The van der Waals surface area contributed by atoms with Gasteiger partial charge in [0, 0.05) is 37.5 Å². The van der Waals surface area contributed by atoms with Gasteiger partial charge in [0.25, 0.3) is 5.91 Å². The molecule has 4 rings (SSSR count). The monoisotopic (exact) mass is 383 g/mol. The molecule has 0 radical (unpaired) electrons. The van der Waals surface area contributed by atoms with Crippen molar-refractivity contribution in [2.45, 2.75) is 25.9 Å². The molecule has 9 heteroatoms. The molecule has 0 aliphatic carbocycles. The number of aromatic nitrogens is 3. The van der Waals surface area contributed by atoms with Crippen molar-refractivity contribution < 1.29 is 18.5 Å². The van der Waals surface area contributed by atoms with E-state index in [0.29, 0.717) is 18.0 Å². The van der Waals surface area contributed by atoms with Gasteiger partial charge < -0.3 is 14.7 Å². The van der Waals surface area contributed by atoms with Gasteiger partial charge in [-0.1, -0.05) is 5.16 Å². The van der Waals surface area contributed by atoms with Crippen LogP contribution in [-0.2, 0) is 11.3 Å². The quantitative estimate of drug-likeness (QED) is 0.729. The third-order valence-corrected chi connectivity index (χ3v) is 4.58. The van der Waals surface area contributed by atoms with Crippen LogP contribution in [-0.4, -0.2) is 39.3 Å². The molecule has 0 saturated carbocycles. The molecule has 1 fully saturated rings. The summed E-state index contributed by atoms with van der Waals surface area (Å²) in [6.07, 6.45) is 3.61. The van der Waals surface area contributed by atoms with Gasteiger partial charge in [0.05, 0.1) is 17.8 Å². The molecular weight excluding hydrogens is 365 g/mol. The second-order valence-corrected chi connectivity index (χ2v) is 6.52. The van der Waals surface area contributed by atoms with Crippen molar-refractivity contribution in [3.05, 3.63) is 54.2 Å². The zero-order valence-electron chi connectivity index (χ0n) is 15.1. The molecule has 3 aromatic rings. The predicted octanol–water partition coefficient (Wildman–Crippen LogP) is 2.23. The third kappa shape index (κ3) is 3.51. The van der Waals surface area contributed by atoms with E-state index in [1.54, 1.807) is 23.1 Å². The summed E-state index contributed by atoms with van der Waals surface area (Å²) in [5.74, 6) is -0.478. The van der Waals surface area contributed by atoms with Crippen LogP contribution in [0.1, 0.15) is 23.8 Å². The smallest absolute Gasteiger partial charge is 0.273 e. The number of hydrogen-bond acceptors (Lipinski definition) is 5. The van der Waals surface area contributed by atoms with Gasteiger partial charge in [-0.2, -0.15) is 5.10 Å². The maximum atomic E-state index is 13.1. The maximum Gasteiger partial charge on any atom is 0.273 e. The van der Waals surface area contributed by atoms with Crippen molar-refractivity contribution in [1.82, 2.24) is 20.3 Å². The molecule has 28 heavy (non-hydrogen) atoms. The van der Waals surface area contributed by atoms with E-state index in [2.05, 4.69) is 15.6 Å². The number of rotatable bonds is 5. The molecule has 144 valence electrons. The lowest BCUT2D eigenvalue weighted by atomic mass is 10.2. The van der Waals surface area contributed by atoms with Gasteiger partial charge in [-0.3, -0.25) is 14.3 Å². The second-order valence-electron chi connectivity index (χ2n) is 6.52. The number of amides is 2. The van der Waals surface area contributed by atoms with E-state index in [-0.39, 0.29) is 29.9 Å². The minimum atomic E-state index is -0.420. The molecule has 0 bridgehead atoms. The fourth-order valence-electron chi connectivity index (χ4n) is 3.12. The molecule has 1 atom stereocenters. The van der Waals surface area contributed by atoms with Gasteiger partial charge >= 0.3 is 0 Å². The Balaban J connectivity index is 1.41. The Morgan fingerprint density at radius 1 is 1.36 bits per heavy atom.